The molecule has 16 heavy (non-hydrogen) atoms. The molecule has 4 saturated carbocycles. The van der Waals surface area contributed by atoms with Crippen molar-refractivity contribution in [2.24, 2.45) is 29.6 Å². The zero-order chi connectivity index (χ0) is 10.9. The van der Waals surface area contributed by atoms with Crippen molar-refractivity contribution < 1.29 is 0 Å². The van der Waals surface area contributed by atoms with Gasteiger partial charge in [-0.1, -0.05) is 6.92 Å². The second-order valence-corrected chi connectivity index (χ2v) is 7.30. The van der Waals surface area contributed by atoms with Gasteiger partial charge in [-0.2, -0.15) is 0 Å². The Balaban J connectivity index is 1.78. The van der Waals surface area contributed by atoms with Gasteiger partial charge in [0.1, 0.15) is 0 Å². The number of rotatable bonds is 0. The predicted molar refractivity (Wildman–Crippen MR) is 66.2 cm³/mol. The molecule has 1 heteroatoms. The van der Waals surface area contributed by atoms with E-state index in [1.807, 2.05) is 0 Å². The van der Waals surface area contributed by atoms with Crippen molar-refractivity contribution in [3.63, 3.8) is 0 Å². The molecule has 4 aliphatic carbocycles. The van der Waals surface area contributed by atoms with Crippen LogP contribution in [0.1, 0.15) is 45.4 Å². The second-order valence-electron chi connectivity index (χ2n) is 7.30. The molecule has 4 bridgehead atoms. The van der Waals surface area contributed by atoms with Crippen molar-refractivity contribution in [3.8, 4) is 0 Å². The van der Waals surface area contributed by atoms with Crippen LogP contribution in [-0.4, -0.2) is 24.0 Å². The van der Waals surface area contributed by atoms with Crippen LogP contribution in [0.4, 0.5) is 0 Å². The molecule has 1 spiro atoms. The van der Waals surface area contributed by atoms with Gasteiger partial charge in [0.25, 0.3) is 0 Å². The first-order chi connectivity index (χ1) is 7.71. The molecular weight excluding hydrogens is 194 g/mol. The molecule has 1 aliphatic heterocycles. The molecule has 0 aromatic heterocycles. The van der Waals surface area contributed by atoms with Gasteiger partial charge in [-0.3, -0.25) is 4.90 Å². The molecule has 0 radical (unpaired) electrons. The Hall–Kier alpha value is -0.0400. The largest absolute Gasteiger partial charge is 0.300 e. The smallest absolute Gasteiger partial charge is 0.0289 e. The van der Waals surface area contributed by atoms with Crippen molar-refractivity contribution in [2.75, 3.05) is 13.6 Å². The number of nitrogens with zero attached hydrogens (tertiary/aromatic N) is 1. The van der Waals surface area contributed by atoms with Gasteiger partial charge in [0, 0.05) is 5.54 Å². The van der Waals surface area contributed by atoms with Gasteiger partial charge in [0.05, 0.1) is 0 Å². The van der Waals surface area contributed by atoms with E-state index in [1.54, 1.807) is 32.1 Å². The quantitative estimate of drug-likeness (QED) is 0.605. The molecule has 90 valence electrons. The van der Waals surface area contributed by atoms with Crippen LogP contribution in [0.15, 0.2) is 0 Å². The molecule has 5 fully saturated rings. The zero-order valence-corrected chi connectivity index (χ0v) is 10.8. The molecule has 0 N–H and O–H groups in total. The summed E-state index contributed by atoms with van der Waals surface area (Å²) in [5.41, 5.74) is 0.646. The van der Waals surface area contributed by atoms with Crippen LogP contribution in [0, 0.1) is 29.6 Å². The molecule has 1 nitrogen and oxygen atoms in total. The minimum absolute atomic E-state index is 0.646. The summed E-state index contributed by atoms with van der Waals surface area (Å²) in [6, 6.07) is 0. The molecule has 0 aromatic rings. The Morgan fingerprint density at radius 1 is 0.938 bits per heavy atom. The monoisotopic (exact) mass is 219 g/mol. The first kappa shape index (κ1) is 9.94. The highest BCUT2D eigenvalue weighted by molar-refractivity contribution is 5.15. The Bertz CT molecular complexity index is 269. The normalized spacial score (nSPS) is 60.0. The third-order valence-corrected chi connectivity index (χ3v) is 6.79. The lowest BCUT2D eigenvalue weighted by atomic mass is 9.46. The fourth-order valence-corrected chi connectivity index (χ4v) is 6.56. The first-order valence-corrected chi connectivity index (χ1v) is 7.42. The summed E-state index contributed by atoms with van der Waals surface area (Å²) in [6.45, 7) is 3.91. The lowest BCUT2D eigenvalue weighted by Crippen LogP contribution is -2.65. The maximum atomic E-state index is 2.78. The Labute approximate surface area is 99.6 Å². The average molecular weight is 219 g/mol. The second kappa shape index (κ2) is 3.04. The molecule has 1 unspecified atom stereocenters. The summed E-state index contributed by atoms with van der Waals surface area (Å²) >= 11 is 0. The van der Waals surface area contributed by atoms with Crippen LogP contribution in [-0.2, 0) is 0 Å². The van der Waals surface area contributed by atoms with Crippen molar-refractivity contribution in [1.29, 1.82) is 0 Å². The van der Waals surface area contributed by atoms with Gasteiger partial charge in [0.15, 0.2) is 0 Å². The maximum Gasteiger partial charge on any atom is 0.0289 e. The van der Waals surface area contributed by atoms with E-state index >= 15 is 0 Å². The van der Waals surface area contributed by atoms with Crippen LogP contribution in [0.3, 0.4) is 0 Å². The SMILES string of the molecule is CC1CCN(C)C12C1CC3CC(C1)CC2C3. The Morgan fingerprint density at radius 2 is 1.50 bits per heavy atom. The van der Waals surface area contributed by atoms with Gasteiger partial charge in [0.2, 0.25) is 0 Å². The van der Waals surface area contributed by atoms with Crippen LogP contribution in [0.2, 0.25) is 0 Å². The Morgan fingerprint density at radius 3 is 1.94 bits per heavy atom. The number of hydrogen-bond donors (Lipinski definition) is 0. The third-order valence-electron chi connectivity index (χ3n) is 6.79. The summed E-state index contributed by atoms with van der Waals surface area (Å²) in [5.74, 6) is 5.33. The highest BCUT2D eigenvalue weighted by Crippen LogP contribution is 2.63. The fraction of sp³-hybridized carbons (Fsp3) is 1.00. The van der Waals surface area contributed by atoms with Crippen LogP contribution < -0.4 is 0 Å². The van der Waals surface area contributed by atoms with Gasteiger partial charge < -0.3 is 0 Å². The lowest BCUT2D eigenvalue weighted by Gasteiger charge is -2.64. The van der Waals surface area contributed by atoms with E-state index in [0.717, 1.165) is 29.6 Å². The van der Waals surface area contributed by atoms with Gasteiger partial charge in [-0.15, -0.1) is 0 Å². The van der Waals surface area contributed by atoms with Gasteiger partial charge >= 0.3 is 0 Å². The van der Waals surface area contributed by atoms with E-state index in [4.69, 9.17) is 0 Å². The molecule has 0 amide bonds. The zero-order valence-electron chi connectivity index (χ0n) is 10.8. The number of hydrogen-bond acceptors (Lipinski definition) is 1. The first-order valence-electron chi connectivity index (χ1n) is 7.42. The molecular formula is C15H25N. The molecule has 1 atom stereocenters. The minimum Gasteiger partial charge on any atom is -0.300 e. The van der Waals surface area contributed by atoms with Crippen LogP contribution in [0.25, 0.3) is 0 Å². The van der Waals surface area contributed by atoms with E-state index in [2.05, 4.69) is 18.9 Å². The molecule has 1 heterocycles. The summed E-state index contributed by atoms with van der Waals surface area (Å²) in [6.07, 6.45) is 9.33. The van der Waals surface area contributed by atoms with Crippen molar-refractivity contribution in [1.82, 2.24) is 4.90 Å². The van der Waals surface area contributed by atoms with Crippen molar-refractivity contribution in [3.05, 3.63) is 0 Å². The maximum absolute atomic E-state index is 2.78. The fourth-order valence-electron chi connectivity index (χ4n) is 6.56. The molecule has 1 saturated heterocycles. The third kappa shape index (κ3) is 0.978. The summed E-state index contributed by atoms with van der Waals surface area (Å²) in [5, 5.41) is 0. The predicted octanol–water partition coefficient (Wildman–Crippen LogP) is 3.15. The molecule has 0 aromatic carbocycles. The van der Waals surface area contributed by atoms with Crippen LogP contribution in [0.5, 0.6) is 0 Å². The lowest BCUT2D eigenvalue weighted by molar-refractivity contribution is -0.128. The van der Waals surface area contributed by atoms with E-state index in [1.165, 1.54) is 13.0 Å². The van der Waals surface area contributed by atoms with Gasteiger partial charge in [-0.25, -0.2) is 0 Å². The van der Waals surface area contributed by atoms with E-state index in [-0.39, 0.29) is 0 Å². The molecule has 5 aliphatic rings. The van der Waals surface area contributed by atoms with E-state index in [0.29, 0.717) is 5.54 Å². The summed E-state index contributed by atoms with van der Waals surface area (Å²) in [4.78, 5) is 2.78. The van der Waals surface area contributed by atoms with E-state index < -0.39 is 0 Å². The van der Waals surface area contributed by atoms with Crippen molar-refractivity contribution in [2.45, 2.75) is 51.0 Å². The average Bonchev–Trinajstić information content (AvgIpc) is 2.52. The highest BCUT2D eigenvalue weighted by Gasteiger charge is 2.62. The minimum atomic E-state index is 0.646. The summed E-state index contributed by atoms with van der Waals surface area (Å²) < 4.78 is 0. The van der Waals surface area contributed by atoms with Gasteiger partial charge in [-0.05, 0) is 81.7 Å². The topological polar surface area (TPSA) is 3.24 Å². The summed E-state index contributed by atoms with van der Waals surface area (Å²) in [7, 11) is 2.42. The van der Waals surface area contributed by atoms with Crippen LogP contribution >= 0.6 is 0 Å². The van der Waals surface area contributed by atoms with Crippen molar-refractivity contribution >= 4 is 0 Å². The highest BCUT2D eigenvalue weighted by atomic mass is 15.2. The molecule has 5 rings (SSSR count). The number of likely N-dealkylation sites (tertiary alicyclic amines) is 1. The standard InChI is InChI=1S/C15H25N/c1-10-3-4-16(2)15(10)13-6-11-5-12(8-13)9-14(15)7-11/h10-14H,3-9H2,1-2H3. The van der Waals surface area contributed by atoms with E-state index in [9.17, 15) is 0 Å². The Kier molecular flexibility index (Phi) is 1.89.